The predicted octanol–water partition coefficient (Wildman–Crippen LogP) is 2.03. The number of benzene rings is 1. The Bertz CT molecular complexity index is 981. The molecular weight excluding hydrogens is 390 g/mol. The Hall–Kier alpha value is -3.39. The van der Waals surface area contributed by atoms with Crippen molar-refractivity contribution in [2.45, 2.75) is 19.6 Å². The molecule has 1 aromatic carbocycles. The maximum Gasteiger partial charge on any atom is 0.191 e. The topological polar surface area (TPSA) is 79.6 Å². The normalized spacial score (nSPS) is 14.5. The van der Waals surface area contributed by atoms with Crippen molar-refractivity contribution in [2.75, 3.05) is 38.3 Å². The van der Waals surface area contributed by atoms with Gasteiger partial charge in [-0.05, 0) is 23.3 Å². The van der Waals surface area contributed by atoms with Crippen LogP contribution in [-0.4, -0.2) is 54.1 Å². The van der Waals surface area contributed by atoms with E-state index < -0.39 is 0 Å². The summed E-state index contributed by atoms with van der Waals surface area (Å²) in [5.41, 5.74) is 3.60. The molecule has 3 aromatic rings. The first-order chi connectivity index (χ1) is 15.3. The van der Waals surface area contributed by atoms with Gasteiger partial charge in [0.1, 0.15) is 5.82 Å². The van der Waals surface area contributed by atoms with E-state index in [1.165, 1.54) is 11.1 Å². The van der Waals surface area contributed by atoms with E-state index in [0.717, 1.165) is 50.2 Å². The van der Waals surface area contributed by atoms with Crippen molar-refractivity contribution in [3.05, 3.63) is 77.7 Å². The van der Waals surface area contributed by atoms with Crippen LogP contribution in [0.15, 0.2) is 66.0 Å². The van der Waals surface area contributed by atoms with Crippen molar-refractivity contribution < 1.29 is 4.74 Å². The minimum Gasteiger partial charge on any atom is -0.378 e. The average Bonchev–Trinajstić information content (AvgIpc) is 3.34. The number of pyridine rings is 1. The van der Waals surface area contributed by atoms with Crippen LogP contribution in [0.5, 0.6) is 0 Å². The molecule has 31 heavy (non-hydrogen) atoms. The molecule has 0 saturated carbocycles. The van der Waals surface area contributed by atoms with E-state index in [4.69, 9.17) is 4.74 Å². The summed E-state index contributed by atoms with van der Waals surface area (Å²) in [6, 6.07) is 14.4. The van der Waals surface area contributed by atoms with Crippen LogP contribution in [0.4, 0.5) is 5.82 Å². The number of morpholine rings is 1. The predicted molar refractivity (Wildman–Crippen MR) is 122 cm³/mol. The molecular formula is C23H29N7O. The highest BCUT2D eigenvalue weighted by Gasteiger charge is 2.16. The second-order valence-electron chi connectivity index (χ2n) is 7.34. The van der Waals surface area contributed by atoms with E-state index in [0.29, 0.717) is 13.1 Å². The van der Waals surface area contributed by atoms with Crippen LogP contribution in [0, 0.1) is 0 Å². The molecule has 1 fully saturated rings. The Morgan fingerprint density at radius 1 is 0.968 bits per heavy atom. The lowest BCUT2D eigenvalue weighted by Gasteiger charge is -2.29. The molecule has 8 heteroatoms. The lowest BCUT2D eigenvalue weighted by atomic mass is 10.1. The molecule has 3 heterocycles. The average molecular weight is 420 g/mol. The number of anilines is 1. The third kappa shape index (κ3) is 5.61. The Labute approximate surface area is 183 Å². The number of ether oxygens (including phenoxy) is 1. The zero-order valence-corrected chi connectivity index (χ0v) is 17.9. The molecule has 1 aliphatic rings. The minimum absolute atomic E-state index is 0.648. The highest BCUT2D eigenvalue weighted by Crippen LogP contribution is 2.18. The summed E-state index contributed by atoms with van der Waals surface area (Å²) in [5.74, 6) is 1.77. The SMILES string of the molecule is CN=C(NCc1ccccc1Cn1cccn1)NCc1cccnc1N1CCOCC1. The molecule has 2 N–H and O–H groups in total. The molecule has 0 bridgehead atoms. The summed E-state index contributed by atoms with van der Waals surface area (Å²) >= 11 is 0. The Morgan fingerprint density at radius 2 is 1.71 bits per heavy atom. The van der Waals surface area contributed by atoms with Gasteiger partial charge in [-0.1, -0.05) is 30.3 Å². The van der Waals surface area contributed by atoms with Crippen molar-refractivity contribution in [3.63, 3.8) is 0 Å². The number of nitrogens with one attached hydrogen (secondary N) is 2. The Morgan fingerprint density at radius 3 is 2.45 bits per heavy atom. The summed E-state index contributed by atoms with van der Waals surface area (Å²) < 4.78 is 7.41. The molecule has 1 saturated heterocycles. The maximum atomic E-state index is 5.47. The van der Waals surface area contributed by atoms with Crippen LogP contribution in [0.2, 0.25) is 0 Å². The van der Waals surface area contributed by atoms with E-state index in [1.54, 1.807) is 13.2 Å². The van der Waals surface area contributed by atoms with Crippen molar-refractivity contribution in [3.8, 4) is 0 Å². The molecule has 0 spiro atoms. The summed E-state index contributed by atoms with van der Waals surface area (Å²) in [5, 5.41) is 11.2. The van der Waals surface area contributed by atoms with E-state index in [9.17, 15) is 0 Å². The number of hydrogen-bond acceptors (Lipinski definition) is 5. The molecule has 0 aliphatic carbocycles. The number of rotatable bonds is 7. The number of aromatic nitrogens is 3. The molecule has 0 unspecified atom stereocenters. The summed E-state index contributed by atoms with van der Waals surface area (Å²) in [7, 11) is 1.79. The van der Waals surface area contributed by atoms with E-state index >= 15 is 0 Å². The van der Waals surface area contributed by atoms with Crippen LogP contribution < -0.4 is 15.5 Å². The van der Waals surface area contributed by atoms with Gasteiger partial charge in [-0.2, -0.15) is 5.10 Å². The van der Waals surface area contributed by atoms with Gasteiger partial charge in [-0.25, -0.2) is 4.98 Å². The first-order valence-electron chi connectivity index (χ1n) is 10.6. The standard InChI is InChI=1S/C23H29N7O/c1-24-23(26-16-19-6-2-3-7-21(19)18-30-11-5-10-28-30)27-17-20-8-4-9-25-22(20)29-12-14-31-15-13-29/h2-11H,12-18H2,1H3,(H2,24,26,27). The number of aliphatic imine (C=N–C) groups is 1. The lowest BCUT2D eigenvalue weighted by molar-refractivity contribution is 0.122. The van der Waals surface area contributed by atoms with Crippen LogP contribution in [0.25, 0.3) is 0 Å². The van der Waals surface area contributed by atoms with E-state index in [-0.39, 0.29) is 0 Å². The fraction of sp³-hybridized carbons (Fsp3) is 0.348. The van der Waals surface area contributed by atoms with Crippen molar-refractivity contribution in [1.82, 2.24) is 25.4 Å². The van der Waals surface area contributed by atoms with E-state index in [1.807, 2.05) is 29.2 Å². The van der Waals surface area contributed by atoms with Gasteiger partial charge in [0.25, 0.3) is 0 Å². The maximum absolute atomic E-state index is 5.47. The third-order valence-electron chi connectivity index (χ3n) is 5.30. The summed E-state index contributed by atoms with van der Waals surface area (Å²) in [6.07, 6.45) is 5.62. The van der Waals surface area contributed by atoms with Crippen LogP contribution in [0.1, 0.15) is 16.7 Å². The summed E-state index contributed by atoms with van der Waals surface area (Å²) in [4.78, 5) is 11.3. The van der Waals surface area contributed by atoms with Crippen LogP contribution in [-0.2, 0) is 24.4 Å². The van der Waals surface area contributed by atoms with Crippen LogP contribution >= 0.6 is 0 Å². The monoisotopic (exact) mass is 419 g/mol. The number of hydrogen-bond donors (Lipinski definition) is 2. The molecule has 0 amide bonds. The molecule has 1 aliphatic heterocycles. The van der Waals surface area contributed by atoms with Gasteiger partial charge in [-0.15, -0.1) is 0 Å². The number of guanidine groups is 1. The highest BCUT2D eigenvalue weighted by atomic mass is 16.5. The first-order valence-corrected chi connectivity index (χ1v) is 10.6. The van der Waals surface area contributed by atoms with Crippen molar-refractivity contribution in [2.24, 2.45) is 4.99 Å². The fourth-order valence-corrected chi connectivity index (χ4v) is 3.66. The molecule has 0 atom stereocenters. The molecule has 8 nitrogen and oxygen atoms in total. The molecule has 2 aromatic heterocycles. The smallest absolute Gasteiger partial charge is 0.191 e. The first kappa shape index (κ1) is 20.9. The lowest BCUT2D eigenvalue weighted by Crippen LogP contribution is -2.39. The van der Waals surface area contributed by atoms with Gasteiger partial charge in [0.15, 0.2) is 5.96 Å². The molecule has 162 valence electrons. The van der Waals surface area contributed by atoms with Gasteiger partial charge in [0.2, 0.25) is 0 Å². The highest BCUT2D eigenvalue weighted by molar-refractivity contribution is 5.79. The van der Waals surface area contributed by atoms with Gasteiger partial charge in [0.05, 0.1) is 19.8 Å². The Balaban J connectivity index is 1.36. The number of nitrogens with zero attached hydrogens (tertiary/aromatic N) is 5. The largest absolute Gasteiger partial charge is 0.378 e. The van der Waals surface area contributed by atoms with Crippen molar-refractivity contribution in [1.29, 1.82) is 0 Å². The second kappa shape index (κ2) is 10.6. The van der Waals surface area contributed by atoms with Crippen molar-refractivity contribution >= 4 is 11.8 Å². The van der Waals surface area contributed by atoms with E-state index in [2.05, 4.69) is 60.9 Å². The quantitative estimate of drug-likeness (QED) is 0.451. The molecule has 0 radical (unpaired) electrons. The van der Waals surface area contributed by atoms with Gasteiger partial charge >= 0.3 is 0 Å². The van der Waals surface area contributed by atoms with Gasteiger partial charge in [-0.3, -0.25) is 9.67 Å². The van der Waals surface area contributed by atoms with Gasteiger partial charge < -0.3 is 20.3 Å². The molecule has 4 rings (SSSR count). The Kier molecular flexibility index (Phi) is 7.12. The van der Waals surface area contributed by atoms with Gasteiger partial charge in [0, 0.05) is 57.4 Å². The summed E-state index contributed by atoms with van der Waals surface area (Å²) in [6.45, 7) is 5.29. The van der Waals surface area contributed by atoms with Crippen LogP contribution in [0.3, 0.4) is 0 Å². The third-order valence-corrected chi connectivity index (χ3v) is 5.30. The second-order valence-corrected chi connectivity index (χ2v) is 7.34. The zero-order chi connectivity index (χ0) is 21.3. The minimum atomic E-state index is 0.648. The fourth-order valence-electron chi connectivity index (χ4n) is 3.66. The zero-order valence-electron chi connectivity index (χ0n) is 17.9.